The molecule has 0 spiro atoms. The van der Waals surface area contributed by atoms with E-state index in [2.05, 4.69) is 17.6 Å². The van der Waals surface area contributed by atoms with E-state index in [0.29, 0.717) is 5.84 Å². The van der Waals surface area contributed by atoms with E-state index in [0.717, 1.165) is 28.0 Å². The van der Waals surface area contributed by atoms with Crippen LogP contribution >= 0.6 is 0 Å². The fourth-order valence-corrected chi connectivity index (χ4v) is 3.09. The van der Waals surface area contributed by atoms with E-state index in [-0.39, 0.29) is 0 Å². The zero-order valence-corrected chi connectivity index (χ0v) is 14.5. The molecule has 130 valence electrons. The third kappa shape index (κ3) is 2.85. The van der Waals surface area contributed by atoms with Crippen LogP contribution in [0.25, 0.3) is 10.9 Å². The number of hydrogen-bond donors (Lipinski definition) is 1. The van der Waals surface area contributed by atoms with Crippen LogP contribution < -0.4 is 15.7 Å². The Kier molecular flexibility index (Phi) is 3.68. The van der Waals surface area contributed by atoms with Gasteiger partial charge in [0.15, 0.2) is 5.84 Å². The molecule has 0 saturated carbocycles. The summed E-state index contributed by atoms with van der Waals surface area (Å²) in [7, 11) is 0. The number of pyridine rings is 1. The second-order valence-corrected chi connectivity index (χ2v) is 6.22. The zero-order valence-electron chi connectivity index (χ0n) is 14.5. The lowest BCUT2D eigenvalue weighted by molar-refractivity contribution is 0.770. The molecule has 27 heavy (non-hydrogen) atoms. The van der Waals surface area contributed by atoms with Gasteiger partial charge in [0.1, 0.15) is 5.69 Å². The van der Waals surface area contributed by atoms with E-state index in [9.17, 15) is 0 Å². The largest absolute Gasteiger partial charge is 0.257 e. The Morgan fingerprint density at radius 1 is 0.630 bits per heavy atom. The van der Waals surface area contributed by atoms with Crippen LogP contribution in [0.1, 0.15) is 5.69 Å². The van der Waals surface area contributed by atoms with Gasteiger partial charge in [-0.3, -0.25) is 5.43 Å². The van der Waals surface area contributed by atoms with Crippen LogP contribution in [-0.4, -0.2) is 10.8 Å². The summed E-state index contributed by atoms with van der Waals surface area (Å²) in [6.07, 6.45) is 0. The Bertz CT molecular complexity index is 1110. The number of nitrogens with zero attached hydrogens (tertiary/aromatic N) is 4. The lowest BCUT2D eigenvalue weighted by Gasteiger charge is -2.27. The van der Waals surface area contributed by atoms with Gasteiger partial charge in [0.05, 0.1) is 16.9 Å². The number of aromatic nitrogens is 1. The Hall–Kier alpha value is -3.86. The third-order valence-electron chi connectivity index (χ3n) is 4.42. The SMILES string of the molecule is c1ccc(N2N=C(c3ccc4ccccc4n3)NN2c2ccccc2)cc1. The van der Waals surface area contributed by atoms with Crippen LogP contribution in [0.5, 0.6) is 0 Å². The molecule has 0 radical (unpaired) electrons. The molecule has 1 N–H and O–H groups in total. The van der Waals surface area contributed by atoms with Gasteiger partial charge in [0.2, 0.25) is 0 Å². The topological polar surface area (TPSA) is 43.8 Å². The van der Waals surface area contributed by atoms with Gasteiger partial charge in [0, 0.05) is 5.39 Å². The predicted octanol–water partition coefficient (Wildman–Crippen LogP) is 4.34. The number of hydrazone groups is 1. The number of anilines is 2. The highest BCUT2D eigenvalue weighted by molar-refractivity contribution is 6.02. The molecule has 3 aromatic carbocycles. The molecule has 0 unspecified atom stereocenters. The highest BCUT2D eigenvalue weighted by atomic mass is 15.9. The first-order valence-corrected chi connectivity index (χ1v) is 8.80. The van der Waals surface area contributed by atoms with Crippen molar-refractivity contribution >= 4 is 28.1 Å². The van der Waals surface area contributed by atoms with Crippen molar-refractivity contribution in [2.24, 2.45) is 5.10 Å². The summed E-state index contributed by atoms with van der Waals surface area (Å²) in [6, 6.07) is 32.3. The summed E-state index contributed by atoms with van der Waals surface area (Å²) < 4.78 is 0. The maximum absolute atomic E-state index is 4.80. The van der Waals surface area contributed by atoms with Crippen molar-refractivity contribution in [2.75, 3.05) is 10.2 Å². The van der Waals surface area contributed by atoms with Gasteiger partial charge in [-0.2, -0.15) is 10.2 Å². The van der Waals surface area contributed by atoms with Gasteiger partial charge >= 0.3 is 0 Å². The molecule has 5 nitrogen and oxygen atoms in total. The Morgan fingerprint density at radius 2 is 1.30 bits per heavy atom. The summed E-state index contributed by atoms with van der Waals surface area (Å²) in [4.78, 5) is 4.77. The highest BCUT2D eigenvalue weighted by Crippen LogP contribution is 2.25. The molecular formula is C22H17N5. The fraction of sp³-hybridized carbons (Fsp3) is 0. The summed E-state index contributed by atoms with van der Waals surface area (Å²) in [6.45, 7) is 0. The molecule has 0 bridgehead atoms. The van der Waals surface area contributed by atoms with E-state index in [1.165, 1.54) is 0 Å². The smallest absolute Gasteiger partial charge is 0.194 e. The number of rotatable bonds is 3. The minimum Gasteiger partial charge on any atom is -0.257 e. The van der Waals surface area contributed by atoms with Gasteiger partial charge in [-0.25, -0.2) is 4.98 Å². The molecule has 5 rings (SSSR count). The molecule has 1 aliphatic rings. The molecule has 1 aliphatic heterocycles. The lowest BCUT2D eigenvalue weighted by Crippen LogP contribution is -2.44. The van der Waals surface area contributed by atoms with Crippen molar-refractivity contribution in [3.8, 4) is 0 Å². The maximum atomic E-state index is 4.80. The molecule has 5 heteroatoms. The standard InChI is InChI=1S/C22H17N5/c1-3-10-18(11-4-1)26-24-22(25-27(26)19-12-5-2-6-13-19)21-16-15-17-9-7-8-14-20(17)23-21/h1-16H,(H,24,25). The van der Waals surface area contributed by atoms with Crippen molar-refractivity contribution in [3.05, 3.63) is 103 Å². The normalized spacial score (nSPS) is 13.6. The van der Waals surface area contributed by atoms with Crippen molar-refractivity contribution in [3.63, 3.8) is 0 Å². The molecular weight excluding hydrogens is 334 g/mol. The summed E-state index contributed by atoms with van der Waals surface area (Å²) in [5.74, 6) is 0.702. The first kappa shape index (κ1) is 15.4. The highest BCUT2D eigenvalue weighted by Gasteiger charge is 2.26. The quantitative estimate of drug-likeness (QED) is 0.596. The van der Waals surface area contributed by atoms with Crippen molar-refractivity contribution in [1.82, 2.24) is 10.4 Å². The minimum atomic E-state index is 0.702. The van der Waals surface area contributed by atoms with Crippen LogP contribution in [0, 0.1) is 0 Å². The number of amidine groups is 1. The van der Waals surface area contributed by atoms with Crippen LogP contribution in [-0.2, 0) is 0 Å². The molecule has 0 amide bonds. The second kappa shape index (κ2) is 6.46. The molecule has 0 saturated heterocycles. The predicted molar refractivity (Wildman–Crippen MR) is 109 cm³/mol. The van der Waals surface area contributed by atoms with Gasteiger partial charge in [-0.15, -0.1) is 5.10 Å². The van der Waals surface area contributed by atoms with Gasteiger partial charge in [0.25, 0.3) is 0 Å². The van der Waals surface area contributed by atoms with Crippen LogP contribution in [0.4, 0.5) is 11.4 Å². The minimum absolute atomic E-state index is 0.702. The number of para-hydroxylation sites is 3. The van der Waals surface area contributed by atoms with Crippen molar-refractivity contribution in [2.45, 2.75) is 0 Å². The number of hydrogen-bond acceptors (Lipinski definition) is 5. The van der Waals surface area contributed by atoms with Crippen LogP contribution in [0.3, 0.4) is 0 Å². The molecule has 0 aliphatic carbocycles. The van der Waals surface area contributed by atoms with Gasteiger partial charge in [-0.1, -0.05) is 60.7 Å². The summed E-state index contributed by atoms with van der Waals surface area (Å²) in [5.41, 5.74) is 7.08. The van der Waals surface area contributed by atoms with Crippen molar-refractivity contribution in [1.29, 1.82) is 0 Å². The van der Waals surface area contributed by atoms with Crippen LogP contribution in [0.2, 0.25) is 0 Å². The first-order valence-electron chi connectivity index (χ1n) is 8.80. The van der Waals surface area contributed by atoms with Gasteiger partial charge in [-0.05, 0) is 36.4 Å². The number of benzene rings is 3. The van der Waals surface area contributed by atoms with Crippen molar-refractivity contribution < 1.29 is 0 Å². The van der Waals surface area contributed by atoms with Gasteiger partial charge < -0.3 is 0 Å². The van der Waals surface area contributed by atoms with E-state index in [1.54, 1.807) is 0 Å². The van der Waals surface area contributed by atoms with E-state index in [4.69, 9.17) is 10.1 Å². The molecule has 1 aromatic heterocycles. The molecule has 0 atom stereocenters. The summed E-state index contributed by atoms with van der Waals surface area (Å²) >= 11 is 0. The molecule has 0 fully saturated rings. The number of hydrazine groups is 2. The average molecular weight is 351 g/mol. The monoisotopic (exact) mass is 351 g/mol. The van der Waals surface area contributed by atoms with E-state index in [1.807, 2.05) is 95.2 Å². The Morgan fingerprint density at radius 3 is 2.07 bits per heavy atom. The lowest BCUT2D eigenvalue weighted by atomic mass is 10.2. The second-order valence-electron chi connectivity index (χ2n) is 6.22. The summed E-state index contributed by atoms with van der Waals surface area (Å²) in [5, 5.41) is 9.67. The number of nitrogens with one attached hydrogen (secondary N) is 1. The first-order chi connectivity index (χ1) is 13.4. The molecule has 4 aromatic rings. The fourth-order valence-electron chi connectivity index (χ4n) is 3.09. The van der Waals surface area contributed by atoms with E-state index < -0.39 is 0 Å². The average Bonchev–Trinajstić information content (AvgIpc) is 3.20. The Labute approximate surface area is 157 Å². The third-order valence-corrected chi connectivity index (χ3v) is 4.42. The Balaban J connectivity index is 1.58. The van der Waals surface area contributed by atoms with E-state index >= 15 is 0 Å². The van der Waals surface area contributed by atoms with Crippen LogP contribution in [0.15, 0.2) is 102 Å². The molecule has 2 heterocycles. The number of fused-ring (bicyclic) bond motifs is 1. The maximum Gasteiger partial charge on any atom is 0.194 e. The zero-order chi connectivity index (χ0) is 18.1.